The molecule has 1 fully saturated rings. The molecule has 2 aromatic carbocycles. The summed E-state index contributed by atoms with van der Waals surface area (Å²) in [5, 5.41) is 9.24. The van der Waals surface area contributed by atoms with Gasteiger partial charge in [-0.2, -0.15) is 0 Å². The first-order chi connectivity index (χ1) is 15.5. The van der Waals surface area contributed by atoms with Crippen LogP contribution in [0.5, 0.6) is 5.75 Å². The van der Waals surface area contributed by atoms with Gasteiger partial charge in [0.2, 0.25) is 0 Å². The number of sulfonamides is 1. The molecule has 0 saturated heterocycles. The van der Waals surface area contributed by atoms with Crippen LogP contribution in [0.1, 0.15) is 31.2 Å². The van der Waals surface area contributed by atoms with E-state index in [-0.39, 0.29) is 24.2 Å². The monoisotopic (exact) mass is 453 g/mol. The molecule has 1 aromatic heterocycles. The van der Waals surface area contributed by atoms with Crippen molar-refractivity contribution in [1.82, 2.24) is 9.97 Å². The average Bonchev–Trinajstić information content (AvgIpc) is 3.33. The normalized spacial score (nSPS) is 14.4. The third-order valence-corrected chi connectivity index (χ3v) is 7.49. The van der Waals surface area contributed by atoms with E-state index in [2.05, 4.69) is 9.97 Å². The number of aliphatic hydroxyl groups is 1. The molecule has 7 nitrogen and oxygen atoms in total. The van der Waals surface area contributed by atoms with Crippen LogP contribution in [0, 0.1) is 6.92 Å². The van der Waals surface area contributed by atoms with Gasteiger partial charge in [0.15, 0.2) is 5.82 Å². The third-order valence-electron chi connectivity index (χ3n) is 5.63. The van der Waals surface area contributed by atoms with Crippen LogP contribution >= 0.6 is 0 Å². The summed E-state index contributed by atoms with van der Waals surface area (Å²) < 4.78 is 34.9. The summed E-state index contributed by atoms with van der Waals surface area (Å²) in [5.74, 6) is 0.895. The van der Waals surface area contributed by atoms with E-state index in [0.29, 0.717) is 22.7 Å². The molecular formula is C24H27N3O4S. The Morgan fingerprint density at radius 3 is 2.56 bits per heavy atom. The molecule has 1 saturated carbocycles. The summed E-state index contributed by atoms with van der Waals surface area (Å²) in [6.07, 6.45) is 6.50. The van der Waals surface area contributed by atoms with Gasteiger partial charge in [-0.1, -0.05) is 43.2 Å². The molecule has 0 aliphatic heterocycles. The Balaban J connectivity index is 1.89. The van der Waals surface area contributed by atoms with E-state index in [1.54, 1.807) is 36.5 Å². The summed E-state index contributed by atoms with van der Waals surface area (Å²) in [4.78, 5) is 8.89. The number of ether oxygens (including phenoxy) is 1. The second kappa shape index (κ2) is 9.67. The van der Waals surface area contributed by atoms with Crippen LogP contribution in [0.4, 0.5) is 5.82 Å². The molecule has 8 heteroatoms. The number of hydrogen-bond donors (Lipinski definition) is 1. The van der Waals surface area contributed by atoms with Crippen LogP contribution in [-0.2, 0) is 10.0 Å². The predicted molar refractivity (Wildman–Crippen MR) is 123 cm³/mol. The fourth-order valence-corrected chi connectivity index (χ4v) is 5.85. The van der Waals surface area contributed by atoms with E-state index in [4.69, 9.17) is 4.74 Å². The number of hydrogen-bond acceptors (Lipinski definition) is 6. The molecule has 4 rings (SSSR count). The summed E-state index contributed by atoms with van der Waals surface area (Å²) in [7, 11) is -3.84. The first-order valence-corrected chi connectivity index (χ1v) is 12.2. The number of benzene rings is 2. The molecule has 3 aromatic rings. The zero-order valence-corrected chi connectivity index (χ0v) is 18.8. The molecule has 168 valence electrons. The molecule has 32 heavy (non-hydrogen) atoms. The maximum atomic E-state index is 13.8. The topological polar surface area (TPSA) is 92.6 Å². The Labute approximate surface area is 188 Å². The van der Waals surface area contributed by atoms with Gasteiger partial charge >= 0.3 is 0 Å². The Bertz CT molecular complexity index is 1160. The quantitative estimate of drug-likeness (QED) is 0.555. The number of nitrogens with zero attached hydrogens (tertiary/aromatic N) is 3. The van der Waals surface area contributed by atoms with Crippen molar-refractivity contribution in [2.75, 3.05) is 17.5 Å². The molecule has 0 unspecified atom stereocenters. The highest BCUT2D eigenvalue weighted by molar-refractivity contribution is 7.92. The minimum Gasteiger partial charge on any atom is -0.491 e. The number of aliphatic hydroxyl groups excluding tert-OH is 1. The van der Waals surface area contributed by atoms with Crippen LogP contribution in [0.15, 0.2) is 66.0 Å². The number of aromatic nitrogens is 2. The highest BCUT2D eigenvalue weighted by Gasteiger charge is 2.36. The predicted octanol–water partition coefficient (Wildman–Crippen LogP) is 3.96. The fourth-order valence-electron chi connectivity index (χ4n) is 4.14. The highest BCUT2D eigenvalue weighted by Crippen LogP contribution is 2.40. The first-order valence-electron chi connectivity index (χ1n) is 10.8. The van der Waals surface area contributed by atoms with Crippen molar-refractivity contribution in [3.63, 3.8) is 0 Å². The Hall–Kier alpha value is -2.97. The highest BCUT2D eigenvalue weighted by atomic mass is 32.2. The third kappa shape index (κ3) is 4.47. The maximum Gasteiger partial charge on any atom is 0.265 e. The van der Waals surface area contributed by atoms with Gasteiger partial charge in [0.25, 0.3) is 10.0 Å². The molecule has 0 atom stereocenters. The van der Waals surface area contributed by atoms with Crippen LogP contribution in [0.2, 0.25) is 0 Å². The average molecular weight is 454 g/mol. The minimum absolute atomic E-state index is 0.123. The largest absolute Gasteiger partial charge is 0.491 e. The van der Waals surface area contributed by atoms with Crippen molar-refractivity contribution in [1.29, 1.82) is 0 Å². The fraction of sp³-hybridized carbons (Fsp3) is 0.333. The van der Waals surface area contributed by atoms with Gasteiger partial charge in [-0.25, -0.2) is 22.7 Å². The van der Waals surface area contributed by atoms with Crippen molar-refractivity contribution in [2.45, 2.75) is 43.5 Å². The van der Waals surface area contributed by atoms with E-state index in [9.17, 15) is 13.5 Å². The van der Waals surface area contributed by atoms with Crippen molar-refractivity contribution in [2.24, 2.45) is 0 Å². The second-order valence-corrected chi connectivity index (χ2v) is 9.70. The number of anilines is 1. The SMILES string of the molecule is Cc1ccc(-c2cncnc2N(C2CCCC2)S(=O)(=O)c2ccccc2)c(OCCO)c1. The lowest BCUT2D eigenvalue weighted by molar-refractivity contribution is 0.202. The smallest absolute Gasteiger partial charge is 0.265 e. The van der Waals surface area contributed by atoms with E-state index in [1.807, 2.05) is 25.1 Å². The second-order valence-electron chi connectivity index (χ2n) is 7.88. The molecule has 0 radical (unpaired) electrons. The Morgan fingerprint density at radius 2 is 1.84 bits per heavy atom. The van der Waals surface area contributed by atoms with Crippen LogP contribution < -0.4 is 9.04 Å². The zero-order valence-electron chi connectivity index (χ0n) is 18.0. The Morgan fingerprint density at radius 1 is 1.09 bits per heavy atom. The minimum atomic E-state index is -3.84. The van der Waals surface area contributed by atoms with Crippen molar-refractivity contribution >= 4 is 15.8 Å². The van der Waals surface area contributed by atoms with Gasteiger partial charge in [0.05, 0.1) is 11.5 Å². The molecule has 0 amide bonds. The van der Waals surface area contributed by atoms with Gasteiger partial charge < -0.3 is 9.84 Å². The maximum absolute atomic E-state index is 13.8. The Kier molecular flexibility index (Phi) is 6.72. The molecule has 0 bridgehead atoms. The lowest BCUT2D eigenvalue weighted by atomic mass is 10.0. The molecule has 1 N–H and O–H groups in total. The number of aryl methyl sites for hydroxylation is 1. The van der Waals surface area contributed by atoms with Crippen molar-refractivity contribution in [3.05, 3.63) is 66.6 Å². The van der Waals surface area contributed by atoms with Crippen molar-refractivity contribution in [3.8, 4) is 16.9 Å². The summed E-state index contributed by atoms with van der Waals surface area (Å²) in [6.45, 7) is 1.96. The first kappa shape index (κ1) is 22.2. The van der Waals surface area contributed by atoms with Gasteiger partial charge in [-0.15, -0.1) is 0 Å². The molecule has 1 aliphatic rings. The summed E-state index contributed by atoms with van der Waals surface area (Å²) in [6, 6.07) is 14.0. The van der Waals surface area contributed by atoms with E-state index in [0.717, 1.165) is 31.2 Å². The van der Waals surface area contributed by atoms with Crippen molar-refractivity contribution < 1.29 is 18.3 Å². The summed E-state index contributed by atoms with van der Waals surface area (Å²) in [5.41, 5.74) is 2.25. The van der Waals surface area contributed by atoms with E-state index in [1.165, 1.54) is 10.6 Å². The molecular weight excluding hydrogens is 426 g/mol. The molecule has 1 heterocycles. The standard InChI is InChI=1S/C24H27N3O4S/c1-18-11-12-21(23(15-18)31-14-13-28)22-16-25-17-26-24(22)27(19-7-5-6-8-19)32(29,30)20-9-3-2-4-10-20/h2-4,9-12,15-17,19,28H,5-8,13-14H2,1H3. The summed E-state index contributed by atoms with van der Waals surface area (Å²) >= 11 is 0. The lowest BCUT2D eigenvalue weighted by Crippen LogP contribution is -2.40. The molecule has 1 aliphatic carbocycles. The van der Waals surface area contributed by atoms with Crippen LogP contribution in [0.25, 0.3) is 11.1 Å². The van der Waals surface area contributed by atoms with Gasteiger partial charge in [0, 0.05) is 23.4 Å². The van der Waals surface area contributed by atoms with Gasteiger partial charge in [0.1, 0.15) is 18.7 Å². The van der Waals surface area contributed by atoms with Crippen LogP contribution in [0.3, 0.4) is 0 Å². The van der Waals surface area contributed by atoms with Gasteiger partial charge in [-0.05, 0) is 43.5 Å². The molecule has 0 spiro atoms. The van der Waals surface area contributed by atoms with Gasteiger partial charge in [-0.3, -0.25) is 0 Å². The van der Waals surface area contributed by atoms with E-state index < -0.39 is 10.0 Å². The number of rotatable bonds is 8. The zero-order chi connectivity index (χ0) is 22.6. The van der Waals surface area contributed by atoms with Crippen LogP contribution in [-0.4, -0.2) is 42.7 Å². The lowest BCUT2D eigenvalue weighted by Gasteiger charge is -2.31. The van der Waals surface area contributed by atoms with E-state index >= 15 is 0 Å².